The van der Waals surface area contributed by atoms with Gasteiger partial charge >= 0.3 is 0 Å². The Labute approximate surface area is 108 Å². The minimum absolute atomic E-state index is 0.342. The first-order chi connectivity index (χ1) is 8.83. The predicted molar refractivity (Wildman–Crippen MR) is 70.3 cm³/mol. The molecule has 1 N–H and O–H groups in total. The maximum Gasteiger partial charge on any atom is 0.119 e. The summed E-state index contributed by atoms with van der Waals surface area (Å²) in [5.74, 6) is 2.26. The summed E-state index contributed by atoms with van der Waals surface area (Å²) in [7, 11) is 3.63. The molecule has 0 aromatic heterocycles. The van der Waals surface area contributed by atoms with E-state index in [4.69, 9.17) is 14.2 Å². The van der Waals surface area contributed by atoms with Crippen LogP contribution < -0.4 is 14.8 Å². The lowest BCUT2D eigenvalue weighted by Gasteiger charge is -2.22. The number of rotatable bonds is 6. The smallest absolute Gasteiger partial charge is 0.119 e. The lowest BCUT2D eigenvalue weighted by molar-refractivity contribution is 0.162. The molecule has 0 bridgehead atoms. The SMILES string of the molecule is CNC(COc1ccc(OC)cc1)C1CCOC1. The van der Waals surface area contributed by atoms with Gasteiger partial charge in [0.15, 0.2) is 0 Å². The molecule has 2 rings (SSSR count). The fourth-order valence-corrected chi connectivity index (χ4v) is 2.18. The molecule has 0 amide bonds. The average molecular weight is 251 g/mol. The second-order valence-corrected chi connectivity index (χ2v) is 4.51. The summed E-state index contributed by atoms with van der Waals surface area (Å²) in [6.45, 7) is 2.36. The first-order valence-corrected chi connectivity index (χ1v) is 6.35. The minimum atomic E-state index is 0.342. The van der Waals surface area contributed by atoms with Crippen LogP contribution in [0.25, 0.3) is 0 Å². The second kappa shape index (κ2) is 6.61. The van der Waals surface area contributed by atoms with Crippen molar-refractivity contribution in [2.24, 2.45) is 5.92 Å². The van der Waals surface area contributed by atoms with E-state index in [9.17, 15) is 0 Å². The second-order valence-electron chi connectivity index (χ2n) is 4.51. The molecule has 0 aliphatic carbocycles. The lowest BCUT2D eigenvalue weighted by Crippen LogP contribution is -2.39. The number of likely N-dealkylation sites (N-methyl/N-ethyl adjacent to an activating group) is 1. The van der Waals surface area contributed by atoms with Crippen LogP contribution >= 0.6 is 0 Å². The zero-order valence-electron chi connectivity index (χ0n) is 11.0. The summed E-state index contributed by atoms with van der Waals surface area (Å²) >= 11 is 0. The van der Waals surface area contributed by atoms with Crippen LogP contribution in [-0.2, 0) is 4.74 Å². The summed E-state index contributed by atoms with van der Waals surface area (Å²) in [5.41, 5.74) is 0. The van der Waals surface area contributed by atoms with E-state index >= 15 is 0 Å². The third kappa shape index (κ3) is 3.37. The molecule has 1 aromatic rings. The number of benzene rings is 1. The van der Waals surface area contributed by atoms with Gasteiger partial charge in [-0.2, -0.15) is 0 Å². The number of hydrogen-bond acceptors (Lipinski definition) is 4. The normalized spacial score (nSPS) is 20.7. The van der Waals surface area contributed by atoms with Gasteiger partial charge in [-0.3, -0.25) is 0 Å². The van der Waals surface area contributed by atoms with Gasteiger partial charge in [-0.15, -0.1) is 0 Å². The monoisotopic (exact) mass is 251 g/mol. The van der Waals surface area contributed by atoms with E-state index in [1.165, 1.54) is 0 Å². The van der Waals surface area contributed by atoms with Crippen molar-refractivity contribution in [1.82, 2.24) is 5.32 Å². The summed E-state index contributed by atoms with van der Waals surface area (Å²) in [6.07, 6.45) is 1.11. The molecule has 1 aliphatic rings. The van der Waals surface area contributed by atoms with E-state index in [-0.39, 0.29) is 0 Å². The standard InChI is InChI=1S/C14H21NO3/c1-15-14(11-7-8-17-9-11)10-18-13-5-3-12(16-2)4-6-13/h3-6,11,14-15H,7-10H2,1-2H3. The molecule has 2 atom stereocenters. The highest BCUT2D eigenvalue weighted by Crippen LogP contribution is 2.20. The molecule has 2 unspecified atom stereocenters. The number of hydrogen-bond donors (Lipinski definition) is 1. The molecule has 1 fully saturated rings. The third-order valence-corrected chi connectivity index (χ3v) is 3.39. The molecule has 1 heterocycles. The molecule has 0 spiro atoms. The van der Waals surface area contributed by atoms with Crippen LogP contribution in [0.5, 0.6) is 11.5 Å². The summed E-state index contributed by atoms with van der Waals surface area (Å²) < 4.78 is 16.3. The Bertz CT molecular complexity index is 347. The zero-order valence-corrected chi connectivity index (χ0v) is 11.0. The van der Waals surface area contributed by atoms with Crippen LogP contribution in [0.1, 0.15) is 6.42 Å². The van der Waals surface area contributed by atoms with Crippen molar-refractivity contribution in [2.75, 3.05) is 34.0 Å². The maximum absolute atomic E-state index is 5.80. The summed E-state index contributed by atoms with van der Waals surface area (Å²) in [5, 5.41) is 3.31. The van der Waals surface area contributed by atoms with Gasteiger partial charge in [0.05, 0.1) is 13.7 Å². The van der Waals surface area contributed by atoms with E-state index in [1.807, 2.05) is 31.3 Å². The fraction of sp³-hybridized carbons (Fsp3) is 0.571. The molecular weight excluding hydrogens is 230 g/mol. The number of ether oxygens (including phenoxy) is 3. The Hall–Kier alpha value is -1.26. The molecule has 4 nitrogen and oxygen atoms in total. The quantitative estimate of drug-likeness (QED) is 0.835. The van der Waals surface area contributed by atoms with Crippen LogP contribution in [0.15, 0.2) is 24.3 Å². The molecule has 1 aliphatic heterocycles. The van der Waals surface area contributed by atoms with Crippen LogP contribution in [-0.4, -0.2) is 40.0 Å². The van der Waals surface area contributed by atoms with Crippen molar-refractivity contribution < 1.29 is 14.2 Å². The van der Waals surface area contributed by atoms with E-state index in [0.717, 1.165) is 31.1 Å². The highest BCUT2D eigenvalue weighted by molar-refractivity contribution is 5.31. The molecule has 1 saturated heterocycles. The van der Waals surface area contributed by atoms with Crippen molar-refractivity contribution in [2.45, 2.75) is 12.5 Å². The van der Waals surface area contributed by atoms with Gasteiger partial charge in [-0.25, -0.2) is 0 Å². The predicted octanol–water partition coefficient (Wildman–Crippen LogP) is 1.70. The van der Waals surface area contributed by atoms with E-state index < -0.39 is 0 Å². The largest absolute Gasteiger partial charge is 0.497 e. The first kappa shape index (κ1) is 13.2. The van der Waals surface area contributed by atoms with Crippen molar-refractivity contribution in [3.8, 4) is 11.5 Å². The van der Waals surface area contributed by atoms with Crippen molar-refractivity contribution in [3.05, 3.63) is 24.3 Å². The Morgan fingerprint density at radius 3 is 2.61 bits per heavy atom. The molecule has 18 heavy (non-hydrogen) atoms. The Morgan fingerprint density at radius 1 is 1.33 bits per heavy atom. The van der Waals surface area contributed by atoms with Crippen LogP contribution in [0.3, 0.4) is 0 Å². The van der Waals surface area contributed by atoms with Crippen molar-refractivity contribution in [3.63, 3.8) is 0 Å². The first-order valence-electron chi connectivity index (χ1n) is 6.35. The van der Waals surface area contributed by atoms with Gasteiger partial charge in [-0.05, 0) is 37.7 Å². The lowest BCUT2D eigenvalue weighted by atomic mass is 10.00. The molecule has 0 saturated carbocycles. The van der Waals surface area contributed by atoms with Gasteiger partial charge in [0.2, 0.25) is 0 Å². The van der Waals surface area contributed by atoms with Crippen LogP contribution in [0.2, 0.25) is 0 Å². The van der Waals surface area contributed by atoms with Gasteiger partial charge in [0.25, 0.3) is 0 Å². The van der Waals surface area contributed by atoms with E-state index in [1.54, 1.807) is 7.11 Å². The molecule has 100 valence electrons. The Balaban J connectivity index is 1.84. The Kier molecular flexibility index (Phi) is 4.84. The van der Waals surface area contributed by atoms with Crippen LogP contribution in [0.4, 0.5) is 0 Å². The number of nitrogens with one attached hydrogen (secondary N) is 1. The summed E-state index contributed by atoms with van der Waals surface area (Å²) in [4.78, 5) is 0. The van der Waals surface area contributed by atoms with Crippen molar-refractivity contribution in [1.29, 1.82) is 0 Å². The highest BCUT2D eigenvalue weighted by atomic mass is 16.5. The van der Waals surface area contributed by atoms with Gasteiger partial charge in [0, 0.05) is 18.6 Å². The molecular formula is C14H21NO3. The summed E-state index contributed by atoms with van der Waals surface area (Å²) in [6, 6.07) is 8.01. The van der Waals surface area contributed by atoms with Crippen LogP contribution in [0, 0.1) is 5.92 Å². The van der Waals surface area contributed by atoms with Gasteiger partial charge in [-0.1, -0.05) is 0 Å². The zero-order chi connectivity index (χ0) is 12.8. The van der Waals surface area contributed by atoms with E-state index in [0.29, 0.717) is 18.6 Å². The molecule has 0 radical (unpaired) electrons. The molecule has 4 heteroatoms. The third-order valence-electron chi connectivity index (χ3n) is 3.39. The topological polar surface area (TPSA) is 39.7 Å². The molecule has 1 aromatic carbocycles. The van der Waals surface area contributed by atoms with E-state index in [2.05, 4.69) is 5.32 Å². The minimum Gasteiger partial charge on any atom is -0.497 e. The van der Waals surface area contributed by atoms with Gasteiger partial charge in [0.1, 0.15) is 18.1 Å². The highest BCUT2D eigenvalue weighted by Gasteiger charge is 2.24. The number of methoxy groups -OCH3 is 1. The fourth-order valence-electron chi connectivity index (χ4n) is 2.18. The van der Waals surface area contributed by atoms with Crippen molar-refractivity contribution >= 4 is 0 Å². The average Bonchev–Trinajstić information content (AvgIpc) is 2.94. The maximum atomic E-state index is 5.80. The van der Waals surface area contributed by atoms with Gasteiger partial charge < -0.3 is 19.5 Å². The Morgan fingerprint density at radius 2 is 2.06 bits per heavy atom.